The van der Waals surface area contributed by atoms with Gasteiger partial charge < -0.3 is 15.2 Å². The first kappa shape index (κ1) is 9.48. The van der Waals surface area contributed by atoms with Crippen LogP contribution >= 0.6 is 0 Å². The summed E-state index contributed by atoms with van der Waals surface area (Å²) in [5, 5.41) is 12.2. The predicted octanol–water partition coefficient (Wildman–Crippen LogP) is -0.338. The van der Waals surface area contributed by atoms with Crippen LogP contribution in [0.3, 0.4) is 0 Å². The molecular weight excluding hydrogens is 158 g/mol. The first-order valence-electron chi connectivity index (χ1n) is 4.32. The van der Waals surface area contributed by atoms with Gasteiger partial charge in [0.05, 0.1) is 12.7 Å². The van der Waals surface area contributed by atoms with Gasteiger partial charge in [0, 0.05) is 0 Å². The number of esters is 1. The van der Waals surface area contributed by atoms with E-state index in [1.54, 1.807) is 6.92 Å². The SMILES string of the molecule is CCOC(=O)C1CC(O)CCN1. The highest BCUT2D eigenvalue weighted by atomic mass is 16.5. The van der Waals surface area contributed by atoms with Gasteiger partial charge in [-0.3, -0.25) is 4.79 Å². The minimum atomic E-state index is -0.361. The molecule has 0 aliphatic carbocycles. The summed E-state index contributed by atoms with van der Waals surface area (Å²) in [4.78, 5) is 11.1. The Balaban J connectivity index is 2.35. The van der Waals surface area contributed by atoms with Crippen molar-refractivity contribution in [2.45, 2.75) is 31.9 Å². The summed E-state index contributed by atoms with van der Waals surface area (Å²) in [5.74, 6) is -0.253. The number of hydrogen-bond acceptors (Lipinski definition) is 4. The zero-order valence-corrected chi connectivity index (χ0v) is 7.25. The summed E-state index contributed by atoms with van der Waals surface area (Å²) < 4.78 is 4.82. The molecule has 0 aromatic rings. The van der Waals surface area contributed by atoms with Gasteiger partial charge in [-0.1, -0.05) is 0 Å². The quantitative estimate of drug-likeness (QED) is 0.561. The molecule has 12 heavy (non-hydrogen) atoms. The van der Waals surface area contributed by atoms with Crippen LogP contribution < -0.4 is 5.32 Å². The lowest BCUT2D eigenvalue weighted by atomic mass is 10.0. The van der Waals surface area contributed by atoms with E-state index < -0.39 is 0 Å². The van der Waals surface area contributed by atoms with Crippen molar-refractivity contribution in [2.75, 3.05) is 13.2 Å². The summed E-state index contributed by atoms with van der Waals surface area (Å²) in [6, 6.07) is -0.311. The average Bonchev–Trinajstić information content (AvgIpc) is 2.05. The Kier molecular flexibility index (Phi) is 3.49. The van der Waals surface area contributed by atoms with E-state index in [9.17, 15) is 9.90 Å². The van der Waals surface area contributed by atoms with Gasteiger partial charge in [-0.2, -0.15) is 0 Å². The Hall–Kier alpha value is -0.610. The molecule has 1 fully saturated rings. The lowest BCUT2D eigenvalue weighted by molar-refractivity contribution is -0.147. The molecule has 2 N–H and O–H groups in total. The lowest BCUT2D eigenvalue weighted by Crippen LogP contribution is -2.46. The first-order valence-corrected chi connectivity index (χ1v) is 4.32. The van der Waals surface area contributed by atoms with Gasteiger partial charge in [-0.15, -0.1) is 0 Å². The molecule has 4 nitrogen and oxygen atoms in total. The molecule has 1 aliphatic rings. The number of aliphatic hydroxyl groups is 1. The van der Waals surface area contributed by atoms with Gasteiger partial charge in [0.25, 0.3) is 0 Å². The first-order chi connectivity index (χ1) is 5.74. The normalized spacial score (nSPS) is 29.8. The second-order valence-corrected chi connectivity index (χ2v) is 2.94. The van der Waals surface area contributed by atoms with Gasteiger partial charge in [-0.05, 0) is 26.3 Å². The Labute approximate surface area is 71.9 Å². The zero-order chi connectivity index (χ0) is 8.97. The second kappa shape index (κ2) is 4.42. The number of rotatable bonds is 2. The summed E-state index contributed by atoms with van der Waals surface area (Å²) in [6.45, 7) is 2.86. The molecule has 0 amide bonds. The van der Waals surface area contributed by atoms with E-state index in [0.717, 1.165) is 6.42 Å². The highest BCUT2D eigenvalue weighted by Gasteiger charge is 2.26. The van der Waals surface area contributed by atoms with Crippen LogP contribution in [0.4, 0.5) is 0 Å². The number of hydrogen-bond donors (Lipinski definition) is 2. The molecule has 1 rings (SSSR count). The highest BCUT2D eigenvalue weighted by molar-refractivity contribution is 5.75. The van der Waals surface area contributed by atoms with E-state index in [1.807, 2.05) is 0 Å². The Bertz CT molecular complexity index is 160. The van der Waals surface area contributed by atoms with E-state index >= 15 is 0 Å². The van der Waals surface area contributed by atoms with Crippen molar-refractivity contribution < 1.29 is 14.6 Å². The molecule has 0 radical (unpaired) electrons. The molecule has 1 aliphatic heterocycles. The second-order valence-electron chi connectivity index (χ2n) is 2.94. The van der Waals surface area contributed by atoms with Gasteiger partial charge in [-0.25, -0.2) is 0 Å². The molecule has 70 valence electrons. The maximum Gasteiger partial charge on any atom is 0.323 e. The third-order valence-electron chi connectivity index (χ3n) is 1.95. The smallest absolute Gasteiger partial charge is 0.323 e. The van der Waals surface area contributed by atoms with Crippen LogP contribution in [0.2, 0.25) is 0 Å². The highest BCUT2D eigenvalue weighted by Crippen LogP contribution is 2.09. The number of ether oxygens (including phenoxy) is 1. The maximum absolute atomic E-state index is 11.1. The number of carbonyl (C=O) groups excluding carboxylic acids is 1. The van der Waals surface area contributed by atoms with Gasteiger partial charge >= 0.3 is 5.97 Å². The van der Waals surface area contributed by atoms with Crippen molar-refractivity contribution in [3.63, 3.8) is 0 Å². The van der Waals surface area contributed by atoms with Gasteiger partial charge in [0.2, 0.25) is 0 Å². The third kappa shape index (κ3) is 2.46. The fourth-order valence-corrected chi connectivity index (χ4v) is 1.32. The third-order valence-corrected chi connectivity index (χ3v) is 1.95. The van der Waals surface area contributed by atoms with Crippen LogP contribution in [0.25, 0.3) is 0 Å². The van der Waals surface area contributed by atoms with Crippen molar-refractivity contribution in [1.82, 2.24) is 5.32 Å². The Morgan fingerprint density at radius 3 is 3.08 bits per heavy atom. The van der Waals surface area contributed by atoms with Crippen LogP contribution in [0, 0.1) is 0 Å². The zero-order valence-electron chi connectivity index (χ0n) is 7.25. The van der Waals surface area contributed by atoms with E-state index in [0.29, 0.717) is 19.6 Å². The van der Waals surface area contributed by atoms with E-state index in [2.05, 4.69) is 5.32 Å². The Morgan fingerprint density at radius 2 is 2.50 bits per heavy atom. The van der Waals surface area contributed by atoms with Gasteiger partial charge in [0.1, 0.15) is 6.04 Å². The largest absolute Gasteiger partial charge is 0.465 e. The molecule has 0 aromatic heterocycles. The number of piperidine rings is 1. The summed E-state index contributed by atoms with van der Waals surface area (Å²) in [7, 11) is 0. The summed E-state index contributed by atoms with van der Waals surface area (Å²) >= 11 is 0. The minimum absolute atomic E-state index is 0.253. The molecule has 0 spiro atoms. The van der Waals surface area contributed by atoms with Crippen molar-refractivity contribution in [3.8, 4) is 0 Å². The van der Waals surface area contributed by atoms with Crippen molar-refractivity contribution in [2.24, 2.45) is 0 Å². The minimum Gasteiger partial charge on any atom is -0.465 e. The molecule has 0 aromatic carbocycles. The summed E-state index contributed by atoms with van der Waals surface area (Å²) in [6.07, 6.45) is 0.829. The fraction of sp³-hybridized carbons (Fsp3) is 0.875. The van der Waals surface area contributed by atoms with Crippen LogP contribution in [0.1, 0.15) is 19.8 Å². The van der Waals surface area contributed by atoms with Crippen molar-refractivity contribution >= 4 is 5.97 Å². The molecule has 2 atom stereocenters. The maximum atomic E-state index is 11.1. The van der Waals surface area contributed by atoms with E-state index in [-0.39, 0.29) is 18.1 Å². The number of aliphatic hydroxyl groups excluding tert-OH is 1. The molecule has 0 saturated carbocycles. The number of carbonyl (C=O) groups is 1. The molecule has 2 unspecified atom stereocenters. The standard InChI is InChI=1S/C8H15NO3/c1-2-12-8(11)7-5-6(10)3-4-9-7/h6-7,9-10H,2-5H2,1H3. The lowest BCUT2D eigenvalue weighted by Gasteiger charge is -2.25. The van der Waals surface area contributed by atoms with Crippen LogP contribution in [0.5, 0.6) is 0 Å². The monoisotopic (exact) mass is 173 g/mol. The van der Waals surface area contributed by atoms with Crippen LogP contribution in [0.15, 0.2) is 0 Å². The number of nitrogens with one attached hydrogen (secondary N) is 1. The summed E-state index contributed by atoms with van der Waals surface area (Å²) in [5.41, 5.74) is 0. The van der Waals surface area contributed by atoms with Gasteiger partial charge in [0.15, 0.2) is 0 Å². The average molecular weight is 173 g/mol. The van der Waals surface area contributed by atoms with E-state index in [1.165, 1.54) is 0 Å². The molecule has 1 heterocycles. The molecule has 1 saturated heterocycles. The fourth-order valence-electron chi connectivity index (χ4n) is 1.32. The predicted molar refractivity (Wildman–Crippen MR) is 43.7 cm³/mol. The molecule has 4 heteroatoms. The molecule has 0 bridgehead atoms. The van der Waals surface area contributed by atoms with Crippen LogP contribution in [-0.2, 0) is 9.53 Å². The van der Waals surface area contributed by atoms with Crippen LogP contribution in [-0.4, -0.2) is 36.4 Å². The Morgan fingerprint density at radius 1 is 1.75 bits per heavy atom. The van der Waals surface area contributed by atoms with E-state index in [4.69, 9.17) is 4.74 Å². The molecular formula is C8H15NO3. The topological polar surface area (TPSA) is 58.6 Å². The van der Waals surface area contributed by atoms with Crippen molar-refractivity contribution in [3.05, 3.63) is 0 Å². The van der Waals surface area contributed by atoms with Crippen molar-refractivity contribution in [1.29, 1.82) is 0 Å².